The normalized spacial score (nSPS) is 10.2. The fourth-order valence-electron chi connectivity index (χ4n) is 1.19. The molecule has 13 heavy (non-hydrogen) atoms. The molecule has 2 nitrogen and oxygen atoms in total. The Balaban J connectivity index is 2.49. The third-order valence-corrected chi connectivity index (χ3v) is 2.58. The number of hydrogen-bond donors (Lipinski definition) is 1. The first-order valence-electron chi connectivity index (χ1n) is 4.02. The van der Waals surface area contributed by atoms with Gasteiger partial charge in [-0.2, -0.15) is 0 Å². The van der Waals surface area contributed by atoms with Crippen molar-refractivity contribution >= 4 is 17.0 Å². The molecule has 0 atom stereocenters. The van der Waals surface area contributed by atoms with Gasteiger partial charge in [0.15, 0.2) is 0 Å². The lowest BCUT2D eigenvalue weighted by atomic mass is 10.1. The molecule has 0 amide bonds. The van der Waals surface area contributed by atoms with Gasteiger partial charge in [0.25, 0.3) is 0 Å². The predicted molar refractivity (Wildman–Crippen MR) is 56.7 cm³/mol. The third kappa shape index (κ3) is 1.55. The minimum Gasteiger partial charge on any atom is -0.399 e. The first-order valence-corrected chi connectivity index (χ1v) is 4.96. The van der Waals surface area contributed by atoms with Gasteiger partial charge < -0.3 is 5.73 Å². The zero-order chi connectivity index (χ0) is 9.26. The molecule has 0 aliphatic carbocycles. The summed E-state index contributed by atoms with van der Waals surface area (Å²) < 4.78 is 0. The van der Waals surface area contributed by atoms with Crippen molar-refractivity contribution in [1.82, 2.24) is 4.98 Å². The molecule has 2 aromatic rings. The van der Waals surface area contributed by atoms with Gasteiger partial charge in [0.2, 0.25) is 0 Å². The average Bonchev–Trinajstić information content (AvgIpc) is 2.62. The maximum absolute atomic E-state index is 5.72. The van der Waals surface area contributed by atoms with Crippen LogP contribution in [0, 0.1) is 6.92 Å². The lowest BCUT2D eigenvalue weighted by Gasteiger charge is -2.01. The van der Waals surface area contributed by atoms with Crippen LogP contribution in [0.15, 0.2) is 29.1 Å². The Morgan fingerprint density at radius 1 is 1.38 bits per heavy atom. The van der Waals surface area contributed by atoms with Crippen molar-refractivity contribution in [2.24, 2.45) is 0 Å². The summed E-state index contributed by atoms with van der Waals surface area (Å²) in [6.07, 6.45) is 0. The molecule has 2 rings (SSSR count). The Morgan fingerprint density at radius 2 is 2.23 bits per heavy atom. The number of hydrogen-bond acceptors (Lipinski definition) is 3. The molecular formula is C10H10N2S. The molecule has 66 valence electrons. The number of anilines is 1. The summed E-state index contributed by atoms with van der Waals surface area (Å²) in [5.41, 5.74) is 11.6. The summed E-state index contributed by atoms with van der Waals surface area (Å²) in [6.45, 7) is 2.01. The summed E-state index contributed by atoms with van der Waals surface area (Å²) in [5, 5.41) is 2.03. The van der Waals surface area contributed by atoms with Crippen molar-refractivity contribution < 1.29 is 0 Å². The topological polar surface area (TPSA) is 38.9 Å². The largest absolute Gasteiger partial charge is 0.399 e. The zero-order valence-corrected chi connectivity index (χ0v) is 8.14. The van der Waals surface area contributed by atoms with E-state index in [0.717, 1.165) is 22.5 Å². The van der Waals surface area contributed by atoms with E-state index < -0.39 is 0 Å². The molecule has 0 saturated heterocycles. The third-order valence-electron chi connectivity index (χ3n) is 2.00. The van der Waals surface area contributed by atoms with Crippen LogP contribution >= 0.6 is 11.3 Å². The molecule has 0 fully saturated rings. The number of nitrogen functional groups attached to an aromatic ring is 1. The van der Waals surface area contributed by atoms with Crippen LogP contribution in [0.5, 0.6) is 0 Å². The van der Waals surface area contributed by atoms with Crippen LogP contribution in [0.25, 0.3) is 11.3 Å². The summed E-state index contributed by atoms with van der Waals surface area (Å²) in [7, 11) is 0. The summed E-state index contributed by atoms with van der Waals surface area (Å²) in [4.78, 5) is 4.23. The number of nitrogens with two attached hydrogens (primary N) is 1. The highest BCUT2D eigenvalue weighted by atomic mass is 32.1. The van der Waals surface area contributed by atoms with Crippen molar-refractivity contribution in [3.63, 3.8) is 0 Å². The van der Waals surface area contributed by atoms with E-state index in [4.69, 9.17) is 5.73 Å². The van der Waals surface area contributed by atoms with Gasteiger partial charge in [-0.1, -0.05) is 6.07 Å². The second kappa shape index (κ2) is 3.18. The van der Waals surface area contributed by atoms with Crippen LogP contribution in [0.3, 0.4) is 0 Å². The van der Waals surface area contributed by atoms with Crippen LogP contribution in [-0.2, 0) is 0 Å². The maximum atomic E-state index is 5.72. The molecule has 0 unspecified atom stereocenters. The van der Waals surface area contributed by atoms with E-state index in [1.165, 1.54) is 0 Å². The molecular weight excluding hydrogens is 180 g/mol. The average molecular weight is 190 g/mol. The summed E-state index contributed by atoms with van der Waals surface area (Å²) >= 11 is 1.60. The highest BCUT2D eigenvalue weighted by molar-refractivity contribution is 7.07. The van der Waals surface area contributed by atoms with E-state index in [2.05, 4.69) is 11.1 Å². The van der Waals surface area contributed by atoms with Crippen LogP contribution in [0.4, 0.5) is 5.69 Å². The number of benzene rings is 1. The van der Waals surface area contributed by atoms with E-state index in [1.807, 2.05) is 29.9 Å². The van der Waals surface area contributed by atoms with E-state index in [9.17, 15) is 0 Å². The Labute approximate surface area is 81.1 Å². The SMILES string of the molecule is Cc1cc(-c2cscn2)ccc1N. The molecule has 0 aliphatic rings. The zero-order valence-electron chi connectivity index (χ0n) is 7.32. The smallest absolute Gasteiger partial charge is 0.0811 e. The van der Waals surface area contributed by atoms with Gasteiger partial charge in [-0.25, -0.2) is 4.98 Å². The van der Waals surface area contributed by atoms with E-state index in [1.54, 1.807) is 11.3 Å². The minimum absolute atomic E-state index is 0.832. The molecule has 0 radical (unpaired) electrons. The maximum Gasteiger partial charge on any atom is 0.0811 e. The minimum atomic E-state index is 0.832. The van der Waals surface area contributed by atoms with Gasteiger partial charge >= 0.3 is 0 Å². The number of aromatic nitrogens is 1. The second-order valence-corrected chi connectivity index (χ2v) is 3.66. The number of thiazole rings is 1. The molecule has 0 spiro atoms. The highest BCUT2D eigenvalue weighted by Crippen LogP contribution is 2.22. The van der Waals surface area contributed by atoms with Crippen LogP contribution in [0.1, 0.15) is 5.56 Å². The second-order valence-electron chi connectivity index (χ2n) is 2.95. The van der Waals surface area contributed by atoms with Crippen molar-refractivity contribution in [3.05, 3.63) is 34.7 Å². The Bertz CT molecular complexity index is 407. The Kier molecular flexibility index (Phi) is 2.02. The van der Waals surface area contributed by atoms with Crippen LogP contribution < -0.4 is 5.73 Å². The summed E-state index contributed by atoms with van der Waals surface area (Å²) in [6, 6.07) is 5.98. The van der Waals surface area contributed by atoms with Gasteiger partial charge in [0.05, 0.1) is 11.2 Å². The number of aryl methyl sites for hydroxylation is 1. The van der Waals surface area contributed by atoms with Crippen LogP contribution in [0.2, 0.25) is 0 Å². The standard InChI is InChI=1S/C10H10N2S/c1-7-4-8(2-3-9(7)11)10-5-13-6-12-10/h2-6H,11H2,1H3. The van der Waals surface area contributed by atoms with Crippen molar-refractivity contribution in [2.75, 3.05) is 5.73 Å². The van der Waals surface area contributed by atoms with E-state index in [-0.39, 0.29) is 0 Å². The van der Waals surface area contributed by atoms with Gasteiger partial charge in [-0.15, -0.1) is 11.3 Å². The van der Waals surface area contributed by atoms with Gasteiger partial charge in [0.1, 0.15) is 0 Å². The molecule has 1 heterocycles. The molecule has 0 bridgehead atoms. The Morgan fingerprint density at radius 3 is 2.85 bits per heavy atom. The van der Waals surface area contributed by atoms with Crippen molar-refractivity contribution in [2.45, 2.75) is 6.92 Å². The van der Waals surface area contributed by atoms with Crippen molar-refractivity contribution in [3.8, 4) is 11.3 Å². The van der Waals surface area contributed by atoms with Crippen LogP contribution in [-0.4, -0.2) is 4.98 Å². The monoisotopic (exact) mass is 190 g/mol. The quantitative estimate of drug-likeness (QED) is 0.702. The first-order chi connectivity index (χ1) is 6.27. The van der Waals surface area contributed by atoms with E-state index in [0.29, 0.717) is 0 Å². The summed E-state index contributed by atoms with van der Waals surface area (Å²) in [5.74, 6) is 0. The number of rotatable bonds is 1. The molecule has 1 aromatic heterocycles. The van der Waals surface area contributed by atoms with Crippen molar-refractivity contribution in [1.29, 1.82) is 0 Å². The fraction of sp³-hybridized carbons (Fsp3) is 0.100. The lowest BCUT2D eigenvalue weighted by molar-refractivity contribution is 1.39. The Hall–Kier alpha value is -1.35. The number of nitrogens with zero attached hydrogens (tertiary/aromatic N) is 1. The fourth-order valence-corrected chi connectivity index (χ4v) is 1.75. The van der Waals surface area contributed by atoms with E-state index >= 15 is 0 Å². The molecule has 2 N–H and O–H groups in total. The van der Waals surface area contributed by atoms with Gasteiger partial charge in [0, 0.05) is 16.6 Å². The lowest BCUT2D eigenvalue weighted by Crippen LogP contribution is -1.89. The van der Waals surface area contributed by atoms with Gasteiger partial charge in [-0.05, 0) is 24.6 Å². The molecule has 0 aliphatic heterocycles. The highest BCUT2D eigenvalue weighted by Gasteiger charge is 2.00. The molecule has 1 aromatic carbocycles. The predicted octanol–water partition coefficient (Wildman–Crippen LogP) is 2.70. The molecule has 0 saturated carbocycles. The first kappa shape index (κ1) is 8.26. The van der Waals surface area contributed by atoms with Gasteiger partial charge in [-0.3, -0.25) is 0 Å². The molecule has 3 heteroatoms.